The Labute approximate surface area is 112 Å². The van der Waals surface area contributed by atoms with Gasteiger partial charge in [-0.25, -0.2) is 9.37 Å². The second-order valence-electron chi connectivity index (χ2n) is 4.28. The molecule has 1 aromatic carbocycles. The van der Waals surface area contributed by atoms with Crippen LogP contribution in [0, 0.1) is 12.7 Å². The van der Waals surface area contributed by atoms with Crippen LogP contribution in [0.15, 0.2) is 36.5 Å². The van der Waals surface area contributed by atoms with Crippen molar-refractivity contribution in [2.24, 2.45) is 0 Å². The summed E-state index contributed by atoms with van der Waals surface area (Å²) in [5.74, 6) is 1.29. The van der Waals surface area contributed by atoms with Gasteiger partial charge in [0, 0.05) is 18.3 Å². The van der Waals surface area contributed by atoms with Gasteiger partial charge in [-0.3, -0.25) is 0 Å². The summed E-state index contributed by atoms with van der Waals surface area (Å²) in [6.07, 6.45) is 1.77. The van der Waals surface area contributed by atoms with E-state index >= 15 is 0 Å². The number of ether oxygens (including phenoxy) is 1. The molecule has 3 nitrogen and oxygen atoms in total. The summed E-state index contributed by atoms with van der Waals surface area (Å²) < 4.78 is 18.7. The van der Waals surface area contributed by atoms with Gasteiger partial charge >= 0.3 is 0 Å². The minimum Gasteiger partial charge on any atom is -0.489 e. The maximum absolute atomic E-state index is 13.1. The number of hydrogen-bond donors (Lipinski definition) is 1. The normalized spacial score (nSPS) is 10.3. The van der Waals surface area contributed by atoms with Gasteiger partial charge in [0.2, 0.25) is 0 Å². The van der Waals surface area contributed by atoms with E-state index in [1.54, 1.807) is 25.3 Å². The summed E-state index contributed by atoms with van der Waals surface area (Å²) in [6.45, 7) is 5.01. The van der Waals surface area contributed by atoms with E-state index in [0.29, 0.717) is 17.9 Å². The first-order valence-electron chi connectivity index (χ1n) is 6.27. The molecular formula is C15H17FN2O. The van der Waals surface area contributed by atoms with Crippen LogP contribution in [-0.2, 0) is 6.61 Å². The van der Waals surface area contributed by atoms with Gasteiger partial charge < -0.3 is 10.1 Å². The van der Waals surface area contributed by atoms with Crippen LogP contribution in [0.5, 0.6) is 5.75 Å². The lowest BCUT2D eigenvalue weighted by Gasteiger charge is -2.08. The number of hydrogen-bond acceptors (Lipinski definition) is 3. The molecule has 0 aliphatic heterocycles. The molecule has 4 heteroatoms. The van der Waals surface area contributed by atoms with Crippen molar-refractivity contribution in [3.05, 3.63) is 53.5 Å². The summed E-state index contributed by atoms with van der Waals surface area (Å²) in [5, 5.41) is 3.13. The molecule has 0 saturated heterocycles. The molecule has 0 unspecified atom stereocenters. The quantitative estimate of drug-likeness (QED) is 0.892. The smallest absolute Gasteiger partial charge is 0.126 e. The molecule has 100 valence electrons. The fourth-order valence-corrected chi connectivity index (χ4v) is 1.67. The SMILES string of the molecule is CCNc1ccc(COc2ccc(F)c(C)c2)cn1. The largest absolute Gasteiger partial charge is 0.489 e. The van der Waals surface area contributed by atoms with E-state index in [-0.39, 0.29) is 5.82 Å². The van der Waals surface area contributed by atoms with Crippen LogP contribution in [0.4, 0.5) is 10.2 Å². The minimum absolute atomic E-state index is 0.219. The van der Waals surface area contributed by atoms with E-state index in [9.17, 15) is 4.39 Å². The maximum Gasteiger partial charge on any atom is 0.126 e. The molecule has 0 bridgehead atoms. The summed E-state index contributed by atoms with van der Waals surface area (Å²) in [6, 6.07) is 8.61. The van der Waals surface area contributed by atoms with E-state index in [1.807, 2.05) is 19.1 Å². The zero-order valence-corrected chi connectivity index (χ0v) is 11.1. The van der Waals surface area contributed by atoms with E-state index in [0.717, 1.165) is 17.9 Å². The number of rotatable bonds is 5. The molecule has 0 atom stereocenters. The summed E-state index contributed by atoms with van der Waals surface area (Å²) in [7, 11) is 0. The fourth-order valence-electron chi connectivity index (χ4n) is 1.67. The van der Waals surface area contributed by atoms with Gasteiger partial charge in [-0.15, -0.1) is 0 Å². The van der Waals surface area contributed by atoms with E-state index in [4.69, 9.17) is 4.74 Å². The highest BCUT2D eigenvalue weighted by molar-refractivity contribution is 5.35. The molecule has 0 fully saturated rings. The molecule has 0 amide bonds. The number of nitrogens with one attached hydrogen (secondary N) is 1. The van der Waals surface area contributed by atoms with Gasteiger partial charge in [0.25, 0.3) is 0 Å². The van der Waals surface area contributed by atoms with E-state index in [1.165, 1.54) is 6.07 Å². The Morgan fingerprint density at radius 2 is 2.11 bits per heavy atom. The predicted molar refractivity (Wildman–Crippen MR) is 73.9 cm³/mol. The van der Waals surface area contributed by atoms with Gasteiger partial charge in [0.05, 0.1) is 0 Å². The van der Waals surface area contributed by atoms with Crippen molar-refractivity contribution in [3.8, 4) is 5.75 Å². The van der Waals surface area contributed by atoms with Crippen molar-refractivity contribution in [1.29, 1.82) is 0 Å². The summed E-state index contributed by atoms with van der Waals surface area (Å²) >= 11 is 0. The highest BCUT2D eigenvalue weighted by Gasteiger charge is 2.01. The number of benzene rings is 1. The van der Waals surface area contributed by atoms with Crippen molar-refractivity contribution in [3.63, 3.8) is 0 Å². The van der Waals surface area contributed by atoms with Crippen molar-refractivity contribution in [1.82, 2.24) is 4.98 Å². The molecule has 0 radical (unpaired) electrons. The van der Waals surface area contributed by atoms with Gasteiger partial charge in [-0.1, -0.05) is 6.07 Å². The molecule has 0 aliphatic rings. The van der Waals surface area contributed by atoms with E-state index in [2.05, 4.69) is 10.3 Å². The first-order chi connectivity index (χ1) is 9.19. The Balaban J connectivity index is 1.96. The highest BCUT2D eigenvalue weighted by atomic mass is 19.1. The third kappa shape index (κ3) is 3.68. The lowest BCUT2D eigenvalue weighted by Crippen LogP contribution is -2.01. The molecule has 1 heterocycles. The number of aryl methyl sites for hydroxylation is 1. The number of aromatic nitrogens is 1. The van der Waals surface area contributed by atoms with E-state index < -0.39 is 0 Å². The van der Waals surface area contributed by atoms with Crippen LogP contribution in [0.2, 0.25) is 0 Å². The van der Waals surface area contributed by atoms with Crippen LogP contribution in [0.25, 0.3) is 0 Å². The Hall–Kier alpha value is -2.10. The standard InChI is InChI=1S/C15H17FN2O/c1-3-17-15-7-4-12(9-18-15)10-19-13-5-6-14(16)11(2)8-13/h4-9H,3,10H2,1-2H3,(H,17,18). The molecule has 19 heavy (non-hydrogen) atoms. The molecule has 2 aromatic rings. The lowest BCUT2D eigenvalue weighted by atomic mass is 10.2. The first kappa shape index (κ1) is 13.3. The molecule has 1 aromatic heterocycles. The Kier molecular flexibility index (Phi) is 4.34. The molecular weight excluding hydrogens is 243 g/mol. The second kappa shape index (κ2) is 6.18. The Bertz CT molecular complexity index is 540. The lowest BCUT2D eigenvalue weighted by molar-refractivity contribution is 0.305. The zero-order chi connectivity index (χ0) is 13.7. The van der Waals surface area contributed by atoms with Gasteiger partial charge in [0.1, 0.15) is 24.0 Å². The van der Waals surface area contributed by atoms with Gasteiger partial charge in [-0.2, -0.15) is 0 Å². The van der Waals surface area contributed by atoms with Crippen LogP contribution in [0.1, 0.15) is 18.1 Å². The molecule has 0 aliphatic carbocycles. The first-order valence-corrected chi connectivity index (χ1v) is 6.27. The number of pyridine rings is 1. The Morgan fingerprint density at radius 1 is 1.26 bits per heavy atom. The number of anilines is 1. The van der Waals surface area contributed by atoms with Crippen molar-refractivity contribution in [2.75, 3.05) is 11.9 Å². The maximum atomic E-state index is 13.1. The third-order valence-electron chi connectivity index (χ3n) is 2.72. The van der Waals surface area contributed by atoms with Crippen LogP contribution >= 0.6 is 0 Å². The van der Waals surface area contributed by atoms with Crippen molar-refractivity contribution in [2.45, 2.75) is 20.5 Å². The second-order valence-corrected chi connectivity index (χ2v) is 4.28. The van der Waals surface area contributed by atoms with Crippen LogP contribution in [-0.4, -0.2) is 11.5 Å². The number of halogens is 1. The van der Waals surface area contributed by atoms with Gasteiger partial charge in [0.15, 0.2) is 0 Å². The zero-order valence-electron chi connectivity index (χ0n) is 11.1. The number of nitrogens with zero attached hydrogens (tertiary/aromatic N) is 1. The third-order valence-corrected chi connectivity index (χ3v) is 2.72. The topological polar surface area (TPSA) is 34.1 Å². The monoisotopic (exact) mass is 260 g/mol. The Morgan fingerprint density at radius 3 is 2.74 bits per heavy atom. The predicted octanol–water partition coefficient (Wildman–Crippen LogP) is 3.54. The van der Waals surface area contributed by atoms with Gasteiger partial charge in [-0.05, 0) is 43.7 Å². The molecule has 0 saturated carbocycles. The highest BCUT2D eigenvalue weighted by Crippen LogP contribution is 2.17. The minimum atomic E-state index is -0.219. The van der Waals surface area contributed by atoms with Crippen molar-refractivity contribution >= 4 is 5.82 Å². The van der Waals surface area contributed by atoms with Crippen molar-refractivity contribution < 1.29 is 9.13 Å². The summed E-state index contributed by atoms with van der Waals surface area (Å²) in [4.78, 5) is 4.26. The summed E-state index contributed by atoms with van der Waals surface area (Å²) in [5.41, 5.74) is 1.56. The van der Waals surface area contributed by atoms with Crippen LogP contribution in [0.3, 0.4) is 0 Å². The van der Waals surface area contributed by atoms with Crippen LogP contribution < -0.4 is 10.1 Å². The molecule has 1 N–H and O–H groups in total. The average Bonchev–Trinajstić information content (AvgIpc) is 2.42. The molecule has 2 rings (SSSR count). The molecule has 0 spiro atoms. The fraction of sp³-hybridized carbons (Fsp3) is 0.267. The average molecular weight is 260 g/mol.